The lowest BCUT2D eigenvalue weighted by Crippen LogP contribution is -2.58. The van der Waals surface area contributed by atoms with Crippen molar-refractivity contribution in [3.8, 4) is 0 Å². The quantitative estimate of drug-likeness (QED) is 0.0628. The van der Waals surface area contributed by atoms with Crippen LogP contribution in [0.5, 0.6) is 0 Å². The average Bonchev–Trinajstić information content (AvgIpc) is 1.45. The molecular weight excluding hydrogens is 1270 g/mol. The number of aliphatic hydroxyl groups is 1. The van der Waals surface area contributed by atoms with Gasteiger partial charge in [-0.25, -0.2) is 0 Å². The van der Waals surface area contributed by atoms with Gasteiger partial charge in [0.2, 0.25) is 0 Å². The van der Waals surface area contributed by atoms with Gasteiger partial charge in [-0.1, -0.05) is 99.3 Å². The van der Waals surface area contributed by atoms with Gasteiger partial charge in [-0.15, -0.1) is 0 Å². The molecule has 0 spiro atoms. The molecule has 2 N–H and O–H groups in total. The highest BCUT2D eigenvalue weighted by Crippen LogP contribution is 2.65. The summed E-state index contributed by atoms with van der Waals surface area (Å²) in [5.74, 6) is 3.80. The summed E-state index contributed by atoms with van der Waals surface area (Å²) in [4.78, 5) is 122. The predicted molar refractivity (Wildman–Crippen MR) is 371 cm³/mol. The summed E-state index contributed by atoms with van der Waals surface area (Å²) < 4.78 is 36.9. The summed E-state index contributed by atoms with van der Waals surface area (Å²) >= 11 is 0. The van der Waals surface area contributed by atoms with Crippen LogP contribution in [0.3, 0.4) is 0 Å². The molecule has 14 bridgehead atoms. The smallest absolute Gasteiger partial charge is 0.317 e. The molecule has 99 heavy (non-hydrogen) atoms. The lowest BCUT2D eigenvalue weighted by Gasteiger charge is -2.58. The third-order valence-electron chi connectivity index (χ3n) is 24.2. The van der Waals surface area contributed by atoms with Crippen molar-refractivity contribution in [1.82, 2.24) is 0 Å². The molecule has 6 atom stereocenters. The van der Waals surface area contributed by atoms with Crippen LogP contribution in [-0.2, 0) is 90.6 Å². The highest BCUT2D eigenvalue weighted by molar-refractivity contribution is 6.06. The molecule has 0 aliphatic heterocycles. The molecule has 0 amide bonds. The van der Waals surface area contributed by atoms with Crippen LogP contribution in [0.2, 0.25) is 0 Å². The predicted octanol–water partition coefficient (Wildman–Crippen LogP) is 13.9. The Morgan fingerprint density at radius 3 is 1.25 bits per heavy atom. The summed E-state index contributed by atoms with van der Waals surface area (Å²) in [6.45, 7) is 13.0. The molecule has 0 heterocycles. The first kappa shape index (κ1) is 85.9. The van der Waals surface area contributed by atoms with E-state index in [9.17, 15) is 63.0 Å². The summed E-state index contributed by atoms with van der Waals surface area (Å²) in [7, 11) is 11.5. The van der Waals surface area contributed by atoms with E-state index in [1.165, 1.54) is 127 Å². The van der Waals surface area contributed by atoms with E-state index in [4.69, 9.17) is 14.2 Å². The largest absolute Gasteiger partial charge is 0.480 e. The minimum Gasteiger partial charge on any atom is -0.480 e. The van der Waals surface area contributed by atoms with Crippen molar-refractivity contribution in [3.63, 3.8) is 0 Å². The number of ketones is 2. The monoisotopic (exact) mass is 1400 g/mol. The van der Waals surface area contributed by atoms with Crippen LogP contribution in [0.1, 0.15) is 273 Å². The fraction of sp³-hybridized carbons (Fsp3) is 0.859. The highest BCUT2D eigenvalue weighted by atomic mass is 16.5. The molecule has 0 aromatic heterocycles. The normalized spacial score (nSPS) is 32.3. The molecule has 566 valence electrons. The number of ether oxygens (including phenoxy) is 8. The molecule has 15 aliphatic rings. The van der Waals surface area contributed by atoms with Crippen molar-refractivity contribution >= 4 is 65.3 Å². The van der Waals surface area contributed by atoms with Gasteiger partial charge in [0.15, 0.2) is 5.78 Å². The van der Waals surface area contributed by atoms with Crippen LogP contribution < -0.4 is 0 Å². The maximum Gasteiger partial charge on any atom is 0.317 e. The molecule has 15 rings (SSSR count). The van der Waals surface area contributed by atoms with Crippen molar-refractivity contribution in [1.29, 1.82) is 0 Å². The fourth-order valence-electron chi connectivity index (χ4n) is 20.0. The van der Waals surface area contributed by atoms with Gasteiger partial charge in [0.05, 0.1) is 90.6 Å². The molecule has 15 saturated carbocycles. The van der Waals surface area contributed by atoms with Crippen LogP contribution in [-0.4, -0.2) is 138 Å². The van der Waals surface area contributed by atoms with Crippen LogP contribution in [0, 0.1) is 92.2 Å². The Morgan fingerprint density at radius 2 is 0.899 bits per heavy atom. The van der Waals surface area contributed by atoms with Gasteiger partial charge in [-0.2, -0.15) is 0 Å². The SMILES string of the molecule is CC1(C)C2CCC1(C(=O)O)C(=O)C2.CCCCC(=O)OC.CCCCCCCCC(=O)OC.COC(=O)C(C)C.COC(=O)C12CC3CC(C1)C(=O)C(C3)C2.COC(=O)C12CC3CC(CC(C3)C1)C2.COC(=O)C12CC3CC(CC(O)(C3)C1)C2.COC(=O)C1CCCCC1.COC(C)=O. The Bertz CT molecular complexity index is 2600. The van der Waals surface area contributed by atoms with Gasteiger partial charge in [-0.05, 0) is 195 Å². The second-order valence-electron chi connectivity index (χ2n) is 32.0. The molecule has 0 aromatic carbocycles. The van der Waals surface area contributed by atoms with E-state index in [2.05, 4.69) is 30.6 Å². The number of carbonyl (C=O) groups excluding carboxylic acids is 10. The maximum absolute atomic E-state index is 11.9. The van der Waals surface area contributed by atoms with Gasteiger partial charge in [-0.3, -0.25) is 52.7 Å². The number of carboxylic acids is 1. The summed E-state index contributed by atoms with van der Waals surface area (Å²) in [5, 5.41) is 19.6. The Hall–Kier alpha value is -5.47. The van der Waals surface area contributed by atoms with E-state index in [0.717, 1.165) is 140 Å². The Labute approximate surface area is 591 Å². The van der Waals surface area contributed by atoms with E-state index in [0.29, 0.717) is 55.6 Å². The maximum atomic E-state index is 11.9. The molecule has 21 heteroatoms. The molecule has 15 aliphatic carbocycles. The first-order valence-electron chi connectivity index (χ1n) is 37.4. The zero-order chi connectivity index (χ0) is 74.1. The minimum absolute atomic E-state index is 0.00463. The summed E-state index contributed by atoms with van der Waals surface area (Å²) in [6, 6.07) is 0. The number of hydrogen-bond acceptors (Lipinski definition) is 20. The van der Waals surface area contributed by atoms with E-state index in [-0.39, 0.29) is 105 Å². The number of Topliss-reactive ketones (excluding diaryl/α,β-unsaturated/α-hetero) is 2. The number of hydrogen-bond donors (Lipinski definition) is 2. The zero-order valence-electron chi connectivity index (χ0n) is 63.3. The number of aliphatic carboxylic acids is 1. The topological polar surface area (TPSA) is 302 Å². The van der Waals surface area contributed by atoms with Gasteiger partial charge in [0.1, 0.15) is 11.2 Å². The molecule has 0 aromatic rings. The second kappa shape index (κ2) is 39.8. The lowest BCUT2D eigenvalue weighted by molar-refractivity contribution is -0.193. The van der Waals surface area contributed by atoms with Crippen LogP contribution in [0.4, 0.5) is 0 Å². The Kier molecular flexibility index (Phi) is 34.6. The fourth-order valence-corrected chi connectivity index (χ4v) is 20.0. The zero-order valence-corrected chi connectivity index (χ0v) is 63.3. The van der Waals surface area contributed by atoms with Gasteiger partial charge in [0, 0.05) is 38.0 Å². The number of fused-ring (bicyclic) bond motifs is 2. The van der Waals surface area contributed by atoms with Gasteiger partial charge < -0.3 is 48.1 Å². The number of unbranched alkanes of at least 4 members (excludes halogenated alkanes) is 6. The van der Waals surface area contributed by atoms with Crippen molar-refractivity contribution in [2.24, 2.45) is 92.2 Å². The van der Waals surface area contributed by atoms with Gasteiger partial charge in [0.25, 0.3) is 0 Å². The third-order valence-corrected chi connectivity index (χ3v) is 24.2. The third kappa shape index (κ3) is 23.0. The van der Waals surface area contributed by atoms with E-state index >= 15 is 0 Å². The molecule has 0 radical (unpaired) electrons. The average molecular weight is 1400 g/mol. The van der Waals surface area contributed by atoms with Crippen LogP contribution in [0.15, 0.2) is 0 Å². The van der Waals surface area contributed by atoms with E-state index in [1.807, 2.05) is 20.8 Å². The lowest BCUT2D eigenvalue weighted by atomic mass is 9.48. The summed E-state index contributed by atoms with van der Waals surface area (Å²) in [6.07, 6.45) is 35.6. The number of methoxy groups -OCH3 is 8. The van der Waals surface area contributed by atoms with E-state index in [1.54, 1.807) is 21.0 Å². The standard InChI is InChI=1S/C12H18O3.C12H16O3.C12H18O2.C10H14O3.C10H20O2.C8H14O2.C6H12O2.C5H10O2.C3H6O2/c1-15-10(13)11-3-8-2-9(4-11)6-12(14,5-8)7-11;1-15-11(14)12-4-7-2-8(5-12)10(13)9(3-7)6-12;1-14-11(13)12-5-8-2-9(6-12)4-10(3-8)7-12;1-9(2)6-3-4-10(9,8(12)13)7(11)5-6;1-3-4-5-6-7-8-9-10(11)12-2;1-10-8(9)7-5-3-2-4-6-7;1-3-4-5-6(7)8-2;1-4(2)5(6)7-3;1-3(4)5-2/h8-9,14H,2-7H2,1H3;7-9H,2-6H2,1H3;8-10H,2-7H2,1H3;6H,3-5H2,1-2H3,(H,12,13);3-9H2,1-2H3;7H,2-6H2,1H3;3-5H2,1-2H3;4H,1-3H3;1-2H3. The molecular formula is C78H128O21. The van der Waals surface area contributed by atoms with Crippen LogP contribution >= 0.6 is 0 Å². The molecule has 0 saturated heterocycles. The molecule has 15 fully saturated rings. The molecule has 21 nitrogen and oxygen atoms in total. The Balaban J connectivity index is 0.000000241. The van der Waals surface area contributed by atoms with Crippen molar-refractivity contribution in [2.75, 3.05) is 56.9 Å². The number of esters is 8. The number of carbonyl (C=O) groups is 11. The van der Waals surface area contributed by atoms with Crippen LogP contribution in [0.25, 0.3) is 0 Å². The first-order valence-corrected chi connectivity index (χ1v) is 37.4. The number of carboxylic acid groups (broad SMARTS) is 1. The minimum atomic E-state index is -1.06. The highest BCUT2D eigenvalue weighted by Gasteiger charge is 2.69. The van der Waals surface area contributed by atoms with E-state index < -0.39 is 17.0 Å². The first-order chi connectivity index (χ1) is 46.7. The van der Waals surface area contributed by atoms with Crippen molar-refractivity contribution in [2.45, 2.75) is 279 Å². The van der Waals surface area contributed by atoms with Crippen molar-refractivity contribution in [3.05, 3.63) is 0 Å². The van der Waals surface area contributed by atoms with Crippen molar-refractivity contribution < 1.29 is 101 Å². The second-order valence-corrected chi connectivity index (χ2v) is 32.0. The number of rotatable bonds is 16. The van der Waals surface area contributed by atoms with Gasteiger partial charge >= 0.3 is 53.7 Å². The summed E-state index contributed by atoms with van der Waals surface area (Å²) in [5.41, 5.74) is -2.64. The molecule has 6 unspecified atom stereocenters. The Morgan fingerprint density at radius 1 is 0.485 bits per heavy atom.